The topological polar surface area (TPSA) is 75.5 Å². The van der Waals surface area contributed by atoms with Crippen LogP contribution in [-0.4, -0.2) is 50.8 Å². The minimum absolute atomic E-state index is 0.132. The Morgan fingerprint density at radius 1 is 1.20 bits per heavy atom. The molecule has 2 saturated heterocycles. The molecule has 2 atom stereocenters. The van der Waals surface area contributed by atoms with Gasteiger partial charge in [0, 0.05) is 44.7 Å². The van der Waals surface area contributed by atoms with Gasteiger partial charge in [0.15, 0.2) is 5.52 Å². The summed E-state index contributed by atoms with van der Waals surface area (Å²) in [6.45, 7) is 6.08. The largest absolute Gasteiger partial charge is 0.381 e. The first kappa shape index (κ1) is 19.4. The van der Waals surface area contributed by atoms with E-state index in [1.165, 1.54) is 12.1 Å². The van der Waals surface area contributed by atoms with Crippen molar-refractivity contribution in [1.29, 1.82) is 0 Å². The molecule has 1 unspecified atom stereocenters. The Hall–Kier alpha value is -2.58. The zero-order valence-electron chi connectivity index (χ0n) is 17.1. The van der Waals surface area contributed by atoms with E-state index in [0.717, 1.165) is 43.9 Å². The van der Waals surface area contributed by atoms with E-state index >= 15 is 0 Å². The van der Waals surface area contributed by atoms with Gasteiger partial charge in [-0.3, -0.25) is 9.69 Å². The van der Waals surface area contributed by atoms with E-state index < -0.39 is 0 Å². The van der Waals surface area contributed by atoms with Gasteiger partial charge in [0.25, 0.3) is 5.56 Å². The van der Waals surface area contributed by atoms with Crippen LogP contribution in [0, 0.1) is 11.7 Å². The van der Waals surface area contributed by atoms with Crippen LogP contribution in [0.3, 0.4) is 0 Å². The number of halogens is 1. The highest BCUT2D eigenvalue weighted by Crippen LogP contribution is 2.31. The molecular formula is C22H26FN5O2. The summed E-state index contributed by atoms with van der Waals surface area (Å²) in [5, 5.41) is 4.84. The van der Waals surface area contributed by atoms with Crippen molar-refractivity contribution in [3.8, 4) is 0 Å². The molecule has 8 heteroatoms. The monoisotopic (exact) mass is 411 g/mol. The lowest BCUT2D eigenvalue weighted by atomic mass is 9.97. The molecule has 3 aromatic rings. The number of nitrogens with zero attached hydrogens (tertiary/aromatic N) is 4. The molecule has 0 saturated carbocycles. The molecule has 2 aliphatic heterocycles. The number of ether oxygens (including phenoxy) is 1. The zero-order chi connectivity index (χ0) is 20.7. The van der Waals surface area contributed by atoms with Gasteiger partial charge >= 0.3 is 0 Å². The second kappa shape index (κ2) is 7.92. The number of aromatic amines is 1. The summed E-state index contributed by atoms with van der Waals surface area (Å²) in [6, 6.07) is 6.64. The Bertz CT molecular complexity index is 1090. The number of nitrogens with one attached hydrogen (secondary N) is 1. The van der Waals surface area contributed by atoms with Crippen molar-refractivity contribution in [3.05, 3.63) is 63.8 Å². The first-order valence-electron chi connectivity index (χ1n) is 10.6. The van der Waals surface area contributed by atoms with Gasteiger partial charge in [0.05, 0.1) is 6.20 Å². The Labute approximate surface area is 173 Å². The lowest BCUT2D eigenvalue weighted by molar-refractivity contribution is 0.0832. The van der Waals surface area contributed by atoms with Gasteiger partial charge in [-0.05, 0) is 36.5 Å². The molecule has 158 valence electrons. The number of likely N-dealkylation sites (tertiary alicyclic amines) is 1. The first-order valence-corrected chi connectivity index (χ1v) is 10.6. The molecule has 2 aromatic heterocycles. The molecule has 5 rings (SSSR count). The number of imidazole rings is 1. The zero-order valence-corrected chi connectivity index (χ0v) is 17.1. The Balaban J connectivity index is 1.41. The minimum atomic E-state index is -0.220. The van der Waals surface area contributed by atoms with Crippen LogP contribution in [0.5, 0.6) is 0 Å². The Kier molecular flexibility index (Phi) is 5.12. The SMILES string of the molecule is C[C@H]1CN(Cc2ccc(F)cc2)CC1c1nn2c(C3CCOCC3)ncc2c(=O)[nH]1. The van der Waals surface area contributed by atoms with Crippen molar-refractivity contribution in [2.45, 2.75) is 38.1 Å². The Morgan fingerprint density at radius 3 is 2.73 bits per heavy atom. The second-order valence-electron chi connectivity index (χ2n) is 8.54. The van der Waals surface area contributed by atoms with Crippen LogP contribution in [-0.2, 0) is 11.3 Å². The van der Waals surface area contributed by atoms with Crippen LogP contribution in [0.2, 0.25) is 0 Å². The smallest absolute Gasteiger partial charge is 0.276 e. The van der Waals surface area contributed by atoms with Crippen molar-refractivity contribution >= 4 is 5.52 Å². The summed E-state index contributed by atoms with van der Waals surface area (Å²) in [7, 11) is 0. The summed E-state index contributed by atoms with van der Waals surface area (Å²) < 4.78 is 20.4. The second-order valence-corrected chi connectivity index (χ2v) is 8.54. The normalized spacial score (nSPS) is 23.4. The highest BCUT2D eigenvalue weighted by Gasteiger charge is 2.33. The fraction of sp³-hybridized carbons (Fsp3) is 0.500. The van der Waals surface area contributed by atoms with Crippen molar-refractivity contribution in [1.82, 2.24) is 24.5 Å². The number of hydrogen-bond donors (Lipinski definition) is 1. The van der Waals surface area contributed by atoms with Crippen LogP contribution in [0.4, 0.5) is 4.39 Å². The number of benzene rings is 1. The predicted molar refractivity (Wildman–Crippen MR) is 110 cm³/mol. The lowest BCUT2D eigenvalue weighted by Crippen LogP contribution is -2.24. The molecule has 2 aliphatic rings. The van der Waals surface area contributed by atoms with Crippen LogP contribution in [0.25, 0.3) is 5.52 Å². The van der Waals surface area contributed by atoms with E-state index in [4.69, 9.17) is 9.84 Å². The van der Waals surface area contributed by atoms with Crippen LogP contribution in [0.1, 0.15) is 48.8 Å². The predicted octanol–water partition coefficient (Wildman–Crippen LogP) is 2.69. The van der Waals surface area contributed by atoms with Crippen LogP contribution >= 0.6 is 0 Å². The maximum absolute atomic E-state index is 13.2. The highest BCUT2D eigenvalue weighted by atomic mass is 19.1. The highest BCUT2D eigenvalue weighted by molar-refractivity contribution is 5.42. The summed E-state index contributed by atoms with van der Waals surface area (Å²) in [5.74, 6) is 2.09. The number of aromatic nitrogens is 4. The quantitative estimate of drug-likeness (QED) is 0.715. The average Bonchev–Trinajstić information content (AvgIpc) is 3.34. The molecule has 1 aromatic carbocycles. The van der Waals surface area contributed by atoms with Gasteiger partial charge in [-0.25, -0.2) is 13.9 Å². The minimum Gasteiger partial charge on any atom is -0.381 e. The van der Waals surface area contributed by atoms with Gasteiger partial charge in [-0.15, -0.1) is 0 Å². The third-order valence-electron chi connectivity index (χ3n) is 6.39. The van der Waals surface area contributed by atoms with E-state index in [-0.39, 0.29) is 23.2 Å². The van der Waals surface area contributed by atoms with Gasteiger partial charge < -0.3 is 9.72 Å². The van der Waals surface area contributed by atoms with Crippen LogP contribution < -0.4 is 5.56 Å². The molecule has 0 bridgehead atoms. The number of hydrogen-bond acceptors (Lipinski definition) is 5. The Morgan fingerprint density at radius 2 is 1.97 bits per heavy atom. The van der Waals surface area contributed by atoms with E-state index in [9.17, 15) is 9.18 Å². The number of rotatable bonds is 4. The van der Waals surface area contributed by atoms with Crippen molar-refractivity contribution in [3.63, 3.8) is 0 Å². The average molecular weight is 411 g/mol. The fourth-order valence-corrected chi connectivity index (χ4v) is 4.73. The molecular weight excluding hydrogens is 385 g/mol. The molecule has 0 radical (unpaired) electrons. The van der Waals surface area contributed by atoms with Crippen molar-refractivity contribution < 1.29 is 9.13 Å². The summed E-state index contributed by atoms with van der Waals surface area (Å²) in [6.07, 6.45) is 3.42. The fourth-order valence-electron chi connectivity index (χ4n) is 4.73. The van der Waals surface area contributed by atoms with Crippen molar-refractivity contribution in [2.75, 3.05) is 26.3 Å². The first-order chi connectivity index (χ1) is 14.6. The van der Waals surface area contributed by atoms with E-state index in [2.05, 4.69) is 21.8 Å². The third kappa shape index (κ3) is 3.65. The van der Waals surface area contributed by atoms with Gasteiger partial charge in [0.2, 0.25) is 0 Å². The van der Waals surface area contributed by atoms with Gasteiger partial charge in [0.1, 0.15) is 17.5 Å². The molecule has 0 spiro atoms. The maximum Gasteiger partial charge on any atom is 0.276 e. The van der Waals surface area contributed by atoms with E-state index in [1.807, 2.05) is 12.1 Å². The number of H-pyrrole nitrogens is 1. The van der Waals surface area contributed by atoms with E-state index in [0.29, 0.717) is 30.5 Å². The molecule has 7 nitrogen and oxygen atoms in total. The van der Waals surface area contributed by atoms with Crippen LogP contribution in [0.15, 0.2) is 35.3 Å². The standard InChI is InChI=1S/C22H26FN5O2/c1-14-11-27(12-15-2-4-17(23)5-3-15)13-18(14)20-25-22(29)19-10-24-21(28(19)26-20)16-6-8-30-9-7-16/h2-5,10,14,16,18H,6-9,11-13H2,1H3,(H,25,26,29)/t14-,18?/m0/s1. The van der Waals surface area contributed by atoms with Gasteiger partial charge in [-0.1, -0.05) is 19.1 Å². The third-order valence-corrected chi connectivity index (χ3v) is 6.39. The molecule has 0 amide bonds. The molecule has 30 heavy (non-hydrogen) atoms. The number of fused-ring (bicyclic) bond motifs is 1. The summed E-state index contributed by atoms with van der Waals surface area (Å²) >= 11 is 0. The maximum atomic E-state index is 13.2. The molecule has 4 heterocycles. The lowest BCUT2D eigenvalue weighted by Gasteiger charge is -2.21. The molecule has 0 aliphatic carbocycles. The summed E-state index contributed by atoms with van der Waals surface area (Å²) in [4.78, 5) is 22.6. The summed E-state index contributed by atoms with van der Waals surface area (Å²) in [5.41, 5.74) is 1.43. The van der Waals surface area contributed by atoms with Crippen molar-refractivity contribution in [2.24, 2.45) is 5.92 Å². The molecule has 1 N–H and O–H groups in total. The molecule has 2 fully saturated rings. The van der Waals surface area contributed by atoms with Gasteiger partial charge in [-0.2, -0.15) is 5.10 Å². The van der Waals surface area contributed by atoms with E-state index in [1.54, 1.807) is 10.7 Å².